The van der Waals surface area contributed by atoms with Crippen molar-refractivity contribution in [3.8, 4) is 0 Å². The standard InChI is InChI=1S/C16H25FN2/c1-4-9-18-13(3)16-14(17)6-5-7-15(16)19-10-8-12(2)11-19/h5-7,12-13,18H,4,8-11H2,1-3H3. The summed E-state index contributed by atoms with van der Waals surface area (Å²) in [6, 6.07) is 5.51. The molecule has 106 valence electrons. The molecule has 0 aromatic heterocycles. The lowest BCUT2D eigenvalue weighted by Gasteiger charge is -2.25. The van der Waals surface area contributed by atoms with Crippen LogP contribution < -0.4 is 10.2 Å². The lowest BCUT2D eigenvalue weighted by atomic mass is 10.0. The first-order valence-corrected chi connectivity index (χ1v) is 7.40. The van der Waals surface area contributed by atoms with Gasteiger partial charge in [-0.25, -0.2) is 4.39 Å². The average molecular weight is 264 g/mol. The van der Waals surface area contributed by atoms with E-state index in [2.05, 4.69) is 37.1 Å². The smallest absolute Gasteiger partial charge is 0.130 e. The minimum Gasteiger partial charge on any atom is -0.371 e. The third-order valence-electron chi connectivity index (χ3n) is 3.93. The average Bonchev–Trinajstić information content (AvgIpc) is 2.82. The molecule has 0 saturated carbocycles. The molecule has 0 spiro atoms. The summed E-state index contributed by atoms with van der Waals surface area (Å²) in [5, 5.41) is 3.40. The SMILES string of the molecule is CCCNC(C)c1c(F)cccc1N1CCC(C)C1. The van der Waals surface area contributed by atoms with Crippen molar-refractivity contribution in [2.75, 3.05) is 24.5 Å². The van der Waals surface area contributed by atoms with Crippen molar-refractivity contribution in [1.29, 1.82) is 0 Å². The van der Waals surface area contributed by atoms with Gasteiger partial charge in [-0.2, -0.15) is 0 Å². The van der Waals surface area contributed by atoms with Crippen LogP contribution in [0.1, 0.15) is 45.2 Å². The maximum Gasteiger partial charge on any atom is 0.130 e. The van der Waals surface area contributed by atoms with Gasteiger partial charge in [0.1, 0.15) is 5.82 Å². The minimum absolute atomic E-state index is 0.0621. The van der Waals surface area contributed by atoms with Gasteiger partial charge in [0.25, 0.3) is 0 Å². The Balaban J connectivity index is 2.25. The molecule has 0 aliphatic carbocycles. The largest absolute Gasteiger partial charge is 0.371 e. The van der Waals surface area contributed by atoms with Gasteiger partial charge in [0.2, 0.25) is 0 Å². The molecule has 3 heteroatoms. The number of nitrogens with one attached hydrogen (secondary N) is 1. The second-order valence-corrected chi connectivity index (χ2v) is 5.69. The van der Waals surface area contributed by atoms with Crippen LogP contribution in [0, 0.1) is 11.7 Å². The van der Waals surface area contributed by atoms with Crippen molar-refractivity contribution >= 4 is 5.69 Å². The van der Waals surface area contributed by atoms with Gasteiger partial charge >= 0.3 is 0 Å². The number of anilines is 1. The van der Waals surface area contributed by atoms with Crippen molar-refractivity contribution in [2.24, 2.45) is 5.92 Å². The highest BCUT2D eigenvalue weighted by Crippen LogP contribution is 2.32. The van der Waals surface area contributed by atoms with Crippen molar-refractivity contribution in [3.05, 3.63) is 29.6 Å². The Bertz CT molecular complexity index is 419. The van der Waals surface area contributed by atoms with Gasteiger partial charge in [-0.3, -0.25) is 0 Å². The molecule has 0 radical (unpaired) electrons. The maximum absolute atomic E-state index is 14.2. The van der Waals surface area contributed by atoms with Crippen LogP contribution >= 0.6 is 0 Å². The fourth-order valence-electron chi connectivity index (χ4n) is 2.85. The number of nitrogens with zero attached hydrogens (tertiary/aromatic N) is 1. The number of benzene rings is 1. The van der Waals surface area contributed by atoms with E-state index in [1.165, 1.54) is 6.42 Å². The van der Waals surface area contributed by atoms with Crippen LogP contribution in [-0.4, -0.2) is 19.6 Å². The van der Waals surface area contributed by atoms with Crippen molar-refractivity contribution in [3.63, 3.8) is 0 Å². The normalized spacial score (nSPS) is 20.8. The molecule has 19 heavy (non-hydrogen) atoms. The van der Waals surface area contributed by atoms with Gasteiger partial charge in [-0.05, 0) is 44.4 Å². The Morgan fingerprint density at radius 2 is 2.26 bits per heavy atom. The highest BCUT2D eigenvalue weighted by Gasteiger charge is 2.24. The van der Waals surface area contributed by atoms with Crippen molar-refractivity contribution in [2.45, 2.75) is 39.7 Å². The Kier molecular flexibility index (Phi) is 4.81. The van der Waals surface area contributed by atoms with Crippen LogP contribution in [0.25, 0.3) is 0 Å². The third kappa shape index (κ3) is 3.27. The molecular weight excluding hydrogens is 239 g/mol. The third-order valence-corrected chi connectivity index (χ3v) is 3.93. The van der Waals surface area contributed by atoms with Crippen LogP contribution in [0.15, 0.2) is 18.2 Å². The lowest BCUT2D eigenvalue weighted by Crippen LogP contribution is -2.26. The van der Waals surface area contributed by atoms with Crippen LogP contribution in [0.2, 0.25) is 0 Å². The fraction of sp³-hybridized carbons (Fsp3) is 0.625. The van der Waals surface area contributed by atoms with E-state index in [1.54, 1.807) is 6.07 Å². The Labute approximate surface area is 116 Å². The zero-order valence-corrected chi connectivity index (χ0v) is 12.2. The Morgan fingerprint density at radius 1 is 1.47 bits per heavy atom. The van der Waals surface area contributed by atoms with E-state index in [-0.39, 0.29) is 11.9 Å². The van der Waals surface area contributed by atoms with Gasteiger partial charge in [0.05, 0.1) is 0 Å². The first-order chi connectivity index (χ1) is 9.13. The van der Waals surface area contributed by atoms with E-state index in [4.69, 9.17) is 0 Å². The molecule has 2 nitrogen and oxygen atoms in total. The lowest BCUT2D eigenvalue weighted by molar-refractivity contribution is 0.527. The van der Waals surface area contributed by atoms with Gasteiger partial charge in [0, 0.05) is 30.4 Å². The van der Waals surface area contributed by atoms with E-state index in [0.29, 0.717) is 5.92 Å². The van der Waals surface area contributed by atoms with Crippen LogP contribution in [0.4, 0.5) is 10.1 Å². The number of hydrogen-bond acceptors (Lipinski definition) is 2. The monoisotopic (exact) mass is 264 g/mol. The quantitative estimate of drug-likeness (QED) is 0.871. The highest BCUT2D eigenvalue weighted by atomic mass is 19.1. The summed E-state index contributed by atoms with van der Waals surface area (Å²) < 4.78 is 14.2. The van der Waals surface area contributed by atoms with E-state index in [0.717, 1.165) is 37.3 Å². The summed E-state index contributed by atoms with van der Waals surface area (Å²) in [6.07, 6.45) is 2.27. The molecule has 2 rings (SSSR count). The second-order valence-electron chi connectivity index (χ2n) is 5.69. The molecule has 1 aromatic carbocycles. The summed E-state index contributed by atoms with van der Waals surface area (Å²) in [6.45, 7) is 9.44. The molecule has 0 amide bonds. The summed E-state index contributed by atoms with van der Waals surface area (Å²) in [4.78, 5) is 2.33. The molecule has 1 saturated heterocycles. The van der Waals surface area contributed by atoms with E-state index >= 15 is 0 Å². The number of halogens is 1. The highest BCUT2D eigenvalue weighted by molar-refractivity contribution is 5.56. The van der Waals surface area contributed by atoms with E-state index in [9.17, 15) is 4.39 Å². The van der Waals surface area contributed by atoms with Gasteiger partial charge in [-0.15, -0.1) is 0 Å². The second kappa shape index (κ2) is 6.38. The number of rotatable bonds is 5. The van der Waals surface area contributed by atoms with E-state index < -0.39 is 0 Å². The van der Waals surface area contributed by atoms with Gasteiger partial charge in [-0.1, -0.05) is 19.9 Å². The summed E-state index contributed by atoms with van der Waals surface area (Å²) in [5.74, 6) is 0.614. The molecule has 2 atom stereocenters. The molecule has 2 unspecified atom stereocenters. The van der Waals surface area contributed by atoms with Gasteiger partial charge in [0.15, 0.2) is 0 Å². The molecule has 1 aliphatic rings. The Hall–Kier alpha value is -1.09. The van der Waals surface area contributed by atoms with Crippen LogP contribution in [-0.2, 0) is 0 Å². The predicted octanol–water partition coefficient (Wildman–Crippen LogP) is 3.73. The van der Waals surface area contributed by atoms with Crippen LogP contribution in [0.5, 0.6) is 0 Å². The first-order valence-electron chi connectivity index (χ1n) is 7.40. The zero-order valence-electron chi connectivity index (χ0n) is 12.2. The van der Waals surface area contributed by atoms with E-state index in [1.807, 2.05) is 6.07 Å². The Morgan fingerprint density at radius 3 is 2.89 bits per heavy atom. The van der Waals surface area contributed by atoms with Crippen molar-refractivity contribution < 1.29 is 4.39 Å². The predicted molar refractivity (Wildman–Crippen MR) is 79.1 cm³/mol. The van der Waals surface area contributed by atoms with Crippen LogP contribution in [0.3, 0.4) is 0 Å². The summed E-state index contributed by atoms with van der Waals surface area (Å²) >= 11 is 0. The number of hydrogen-bond donors (Lipinski definition) is 1. The minimum atomic E-state index is -0.0897. The molecule has 1 aliphatic heterocycles. The first kappa shape index (κ1) is 14.3. The molecular formula is C16H25FN2. The zero-order chi connectivity index (χ0) is 13.8. The topological polar surface area (TPSA) is 15.3 Å². The summed E-state index contributed by atoms with van der Waals surface area (Å²) in [7, 11) is 0. The molecule has 1 fully saturated rings. The molecule has 0 bridgehead atoms. The van der Waals surface area contributed by atoms with Crippen molar-refractivity contribution in [1.82, 2.24) is 5.32 Å². The molecule has 1 aromatic rings. The van der Waals surface area contributed by atoms with Gasteiger partial charge < -0.3 is 10.2 Å². The summed E-state index contributed by atoms with van der Waals surface area (Å²) in [5.41, 5.74) is 1.89. The molecule has 1 N–H and O–H groups in total. The maximum atomic E-state index is 14.2. The fourth-order valence-corrected chi connectivity index (χ4v) is 2.85. The molecule has 1 heterocycles.